The first-order chi connectivity index (χ1) is 11.8. The smallest absolute Gasteiger partial charge is 0.269 e. The Labute approximate surface area is 142 Å². The molecule has 1 saturated heterocycles. The molecule has 1 aromatic heterocycles. The fourth-order valence-corrected chi connectivity index (χ4v) is 3.14. The first kappa shape index (κ1) is 16.5. The van der Waals surface area contributed by atoms with Gasteiger partial charge in [-0.2, -0.15) is 0 Å². The molecule has 24 heavy (non-hydrogen) atoms. The summed E-state index contributed by atoms with van der Waals surface area (Å²) in [5.41, 5.74) is 1.61. The molecule has 1 fully saturated rings. The topological polar surface area (TPSA) is 54.5 Å². The molecular formula is C19H23N3O2. The maximum absolute atomic E-state index is 12.3. The van der Waals surface area contributed by atoms with Crippen LogP contribution in [0.15, 0.2) is 48.7 Å². The molecule has 5 heteroatoms. The summed E-state index contributed by atoms with van der Waals surface area (Å²) in [6, 6.07) is 13.6. The number of amides is 1. The third-order valence-corrected chi connectivity index (χ3v) is 4.41. The van der Waals surface area contributed by atoms with Crippen LogP contribution in [0.4, 0.5) is 0 Å². The molecule has 5 nitrogen and oxygen atoms in total. The fraction of sp³-hybridized carbons (Fsp3) is 0.368. The SMILES string of the molecule is COc1cccc([C@@H](CNC(=O)c2ccccn2)N2CCCC2)c1. The van der Waals surface area contributed by atoms with E-state index in [0.717, 1.165) is 24.4 Å². The van der Waals surface area contributed by atoms with Gasteiger partial charge in [-0.3, -0.25) is 14.7 Å². The van der Waals surface area contributed by atoms with E-state index in [-0.39, 0.29) is 11.9 Å². The second-order valence-corrected chi connectivity index (χ2v) is 5.96. The van der Waals surface area contributed by atoms with Crippen LogP contribution >= 0.6 is 0 Å². The molecule has 0 radical (unpaired) electrons. The Morgan fingerprint density at radius 2 is 2.08 bits per heavy atom. The number of nitrogens with zero attached hydrogens (tertiary/aromatic N) is 2. The van der Waals surface area contributed by atoms with Crippen molar-refractivity contribution in [2.75, 3.05) is 26.7 Å². The fourth-order valence-electron chi connectivity index (χ4n) is 3.14. The van der Waals surface area contributed by atoms with Crippen LogP contribution in [0.25, 0.3) is 0 Å². The molecule has 0 saturated carbocycles. The second kappa shape index (κ2) is 7.93. The van der Waals surface area contributed by atoms with Crippen molar-refractivity contribution in [3.63, 3.8) is 0 Å². The molecule has 0 unspecified atom stereocenters. The van der Waals surface area contributed by atoms with Crippen LogP contribution in [0.3, 0.4) is 0 Å². The number of benzene rings is 1. The van der Waals surface area contributed by atoms with E-state index < -0.39 is 0 Å². The van der Waals surface area contributed by atoms with Crippen molar-refractivity contribution in [2.24, 2.45) is 0 Å². The van der Waals surface area contributed by atoms with Crippen LogP contribution < -0.4 is 10.1 Å². The number of aromatic nitrogens is 1. The Balaban J connectivity index is 1.74. The number of pyridine rings is 1. The van der Waals surface area contributed by atoms with Gasteiger partial charge in [-0.25, -0.2) is 0 Å². The van der Waals surface area contributed by atoms with Gasteiger partial charge >= 0.3 is 0 Å². The minimum Gasteiger partial charge on any atom is -0.497 e. The molecule has 1 aliphatic heterocycles. The monoisotopic (exact) mass is 325 g/mol. The minimum atomic E-state index is -0.136. The van der Waals surface area contributed by atoms with Crippen LogP contribution in [0, 0.1) is 0 Å². The molecule has 2 aromatic rings. The first-order valence-electron chi connectivity index (χ1n) is 8.35. The molecule has 1 aliphatic rings. The van der Waals surface area contributed by atoms with E-state index in [1.54, 1.807) is 25.4 Å². The number of nitrogens with one attached hydrogen (secondary N) is 1. The van der Waals surface area contributed by atoms with Crippen LogP contribution in [-0.2, 0) is 0 Å². The van der Waals surface area contributed by atoms with Crippen LogP contribution in [-0.4, -0.2) is 42.5 Å². The standard InChI is InChI=1S/C19H23N3O2/c1-24-16-8-6-7-15(13-16)18(22-11-4-5-12-22)14-21-19(23)17-9-2-3-10-20-17/h2-3,6-10,13,18H,4-5,11-12,14H2,1H3,(H,21,23)/t18-/m1/s1. The average molecular weight is 325 g/mol. The molecular weight excluding hydrogens is 302 g/mol. The molecule has 0 aliphatic carbocycles. The lowest BCUT2D eigenvalue weighted by Gasteiger charge is -2.28. The predicted molar refractivity (Wildman–Crippen MR) is 93.1 cm³/mol. The van der Waals surface area contributed by atoms with Crippen molar-refractivity contribution in [1.82, 2.24) is 15.2 Å². The Hall–Kier alpha value is -2.40. The van der Waals surface area contributed by atoms with Crippen LogP contribution in [0.1, 0.15) is 34.9 Å². The van der Waals surface area contributed by atoms with Gasteiger partial charge in [-0.05, 0) is 55.8 Å². The van der Waals surface area contributed by atoms with Gasteiger partial charge in [0.1, 0.15) is 11.4 Å². The van der Waals surface area contributed by atoms with Crippen molar-refractivity contribution in [1.29, 1.82) is 0 Å². The molecule has 1 atom stereocenters. The van der Waals surface area contributed by atoms with Gasteiger partial charge in [0.15, 0.2) is 0 Å². The zero-order chi connectivity index (χ0) is 16.8. The zero-order valence-electron chi connectivity index (χ0n) is 13.9. The maximum atomic E-state index is 12.3. The largest absolute Gasteiger partial charge is 0.497 e. The van der Waals surface area contributed by atoms with Crippen molar-refractivity contribution in [3.05, 3.63) is 59.9 Å². The Morgan fingerprint density at radius 1 is 1.25 bits per heavy atom. The quantitative estimate of drug-likeness (QED) is 0.887. The molecule has 1 amide bonds. The molecule has 0 bridgehead atoms. The van der Waals surface area contributed by atoms with E-state index in [0.29, 0.717) is 12.2 Å². The molecule has 1 N–H and O–H groups in total. The van der Waals surface area contributed by atoms with Crippen molar-refractivity contribution >= 4 is 5.91 Å². The minimum absolute atomic E-state index is 0.136. The molecule has 0 spiro atoms. The molecule has 126 valence electrons. The van der Waals surface area contributed by atoms with Gasteiger partial charge < -0.3 is 10.1 Å². The lowest BCUT2D eigenvalue weighted by Crippen LogP contribution is -2.37. The lowest BCUT2D eigenvalue weighted by atomic mass is 10.0. The summed E-state index contributed by atoms with van der Waals surface area (Å²) >= 11 is 0. The highest BCUT2D eigenvalue weighted by Gasteiger charge is 2.24. The summed E-state index contributed by atoms with van der Waals surface area (Å²) in [7, 11) is 1.67. The Kier molecular flexibility index (Phi) is 5.43. The highest BCUT2D eigenvalue weighted by molar-refractivity contribution is 5.92. The number of methoxy groups -OCH3 is 1. The number of carbonyl (C=O) groups excluding carboxylic acids is 1. The number of hydrogen-bond acceptors (Lipinski definition) is 4. The number of carbonyl (C=O) groups is 1. The van der Waals surface area contributed by atoms with Gasteiger partial charge in [0.25, 0.3) is 5.91 Å². The average Bonchev–Trinajstić information content (AvgIpc) is 3.17. The van der Waals surface area contributed by atoms with E-state index in [9.17, 15) is 4.79 Å². The van der Waals surface area contributed by atoms with Gasteiger partial charge in [0, 0.05) is 12.7 Å². The van der Waals surface area contributed by atoms with Crippen LogP contribution in [0.5, 0.6) is 5.75 Å². The van der Waals surface area contributed by atoms with Gasteiger partial charge in [0.2, 0.25) is 0 Å². The van der Waals surface area contributed by atoms with E-state index >= 15 is 0 Å². The number of likely N-dealkylation sites (tertiary alicyclic amines) is 1. The van der Waals surface area contributed by atoms with Crippen molar-refractivity contribution < 1.29 is 9.53 Å². The lowest BCUT2D eigenvalue weighted by molar-refractivity contribution is 0.0933. The van der Waals surface area contributed by atoms with E-state index in [4.69, 9.17) is 4.74 Å². The maximum Gasteiger partial charge on any atom is 0.269 e. The summed E-state index contributed by atoms with van der Waals surface area (Å²) < 4.78 is 5.35. The zero-order valence-corrected chi connectivity index (χ0v) is 13.9. The van der Waals surface area contributed by atoms with E-state index in [2.05, 4.69) is 27.3 Å². The Morgan fingerprint density at radius 3 is 2.79 bits per heavy atom. The highest BCUT2D eigenvalue weighted by atomic mass is 16.5. The van der Waals surface area contributed by atoms with Gasteiger partial charge in [0.05, 0.1) is 13.2 Å². The third kappa shape index (κ3) is 3.92. The van der Waals surface area contributed by atoms with Gasteiger partial charge in [-0.1, -0.05) is 18.2 Å². The summed E-state index contributed by atoms with van der Waals surface area (Å²) in [6.45, 7) is 2.67. The molecule has 3 rings (SSSR count). The predicted octanol–water partition coefficient (Wildman–Crippen LogP) is 2.66. The van der Waals surface area contributed by atoms with E-state index in [1.165, 1.54) is 12.8 Å². The van der Waals surface area contributed by atoms with Gasteiger partial charge in [-0.15, -0.1) is 0 Å². The van der Waals surface area contributed by atoms with Crippen LogP contribution in [0.2, 0.25) is 0 Å². The third-order valence-electron chi connectivity index (χ3n) is 4.41. The molecule has 1 aromatic carbocycles. The number of ether oxygens (including phenoxy) is 1. The first-order valence-corrected chi connectivity index (χ1v) is 8.35. The summed E-state index contributed by atoms with van der Waals surface area (Å²) in [5.74, 6) is 0.704. The summed E-state index contributed by atoms with van der Waals surface area (Å²) in [4.78, 5) is 18.8. The summed E-state index contributed by atoms with van der Waals surface area (Å²) in [5, 5.41) is 3.03. The molecule has 2 heterocycles. The van der Waals surface area contributed by atoms with Crippen molar-refractivity contribution in [2.45, 2.75) is 18.9 Å². The summed E-state index contributed by atoms with van der Waals surface area (Å²) in [6.07, 6.45) is 4.04. The highest BCUT2D eigenvalue weighted by Crippen LogP contribution is 2.27. The van der Waals surface area contributed by atoms with E-state index in [1.807, 2.05) is 18.2 Å². The second-order valence-electron chi connectivity index (χ2n) is 5.96. The number of rotatable bonds is 6. The normalized spacial score (nSPS) is 15.9. The Bertz CT molecular complexity index is 669. The van der Waals surface area contributed by atoms with Crippen molar-refractivity contribution in [3.8, 4) is 5.75 Å². The number of hydrogen-bond donors (Lipinski definition) is 1.